The number of nitrogens with one attached hydrogen (secondary N) is 1. The van der Waals surface area contributed by atoms with E-state index in [-0.39, 0.29) is 34.4 Å². The lowest BCUT2D eigenvalue weighted by Gasteiger charge is -2.37. The molecule has 3 fully saturated rings. The topological polar surface area (TPSA) is 96.0 Å². The number of nitrogens with zero attached hydrogens (tertiary/aromatic N) is 2. The summed E-state index contributed by atoms with van der Waals surface area (Å²) >= 11 is 0. The summed E-state index contributed by atoms with van der Waals surface area (Å²) in [6, 6.07) is 4.49. The van der Waals surface area contributed by atoms with Crippen LogP contribution in [-0.4, -0.2) is 69.4 Å². The highest BCUT2D eigenvalue weighted by molar-refractivity contribution is 7.89. The predicted molar refractivity (Wildman–Crippen MR) is 120 cm³/mol. The van der Waals surface area contributed by atoms with Crippen molar-refractivity contribution in [2.45, 2.75) is 56.4 Å². The molecule has 1 N–H and O–H groups in total. The first kappa shape index (κ1) is 23.0. The van der Waals surface area contributed by atoms with Crippen molar-refractivity contribution in [2.75, 3.05) is 33.3 Å². The van der Waals surface area contributed by atoms with Gasteiger partial charge in [0.1, 0.15) is 10.6 Å². The van der Waals surface area contributed by atoms with Gasteiger partial charge in [0.05, 0.1) is 7.11 Å². The Balaban J connectivity index is 1.41. The Labute approximate surface area is 190 Å². The molecule has 1 aromatic carbocycles. The van der Waals surface area contributed by atoms with Crippen molar-refractivity contribution in [3.8, 4) is 5.75 Å². The Morgan fingerprint density at radius 2 is 1.75 bits per heavy atom. The molecular formula is C23H33N3O5S. The molecule has 176 valence electrons. The Morgan fingerprint density at radius 1 is 1.03 bits per heavy atom. The van der Waals surface area contributed by atoms with Gasteiger partial charge in [-0.2, -0.15) is 0 Å². The number of methoxy groups -OCH3 is 1. The van der Waals surface area contributed by atoms with Crippen LogP contribution in [0.4, 0.5) is 0 Å². The van der Waals surface area contributed by atoms with Gasteiger partial charge in [-0.25, -0.2) is 13.1 Å². The van der Waals surface area contributed by atoms with Crippen LogP contribution in [0.25, 0.3) is 0 Å². The fraction of sp³-hybridized carbons (Fsp3) is 0.652. The Kier molecular flexibility index (Phi) is 6.76. The summed E-state index contributed by atoms with van der Waals surface area (Å²) in [7, 11) is -2.34. The summed E-state index contributed by atoms with van der Waals surface area (Å²) in [6.45, 7) is 4.83. The molecular weight excluding hydrogens is 430 g/mol. The van der Waals surface area contributed by atoms with Gasteiger partial charge in [-0.3, -0.25) is 9.59 Å². The van der Waals surface area contributed by atoms with E-state index in [1.165, 1.54) is 25.7 Å². The van der Waals surface area contributed by atoms with Crippen molar-refractivity contribution in [1.29, 1.82) is 0 Å². The third-order valence-corrected chi connectivity index (χ3v) is 8.24. The third kappa shape index (κ3) is 5.09. The van der Waals surface area contributed by atoms with Crippen molar-refractivity contribution in [3.05, 3.63) is 23.8 Å². The zero-order valence-corrected chi connectivity index (χ0v) is 19.7. The summed E-state index contributed by atoms with van der Waals surface area (Å²) in [5.74, 6) is 0.721. The number of piperidine rings is 2. The molecule has 1 aromatic rings. The van der Waals surface area contributed by atoms with E-state index in [4.69, 9.17) is 4.74 Å². The number of ether oxygens (including phenoxy) is 1. The van der Waals surface area contributed by atoms with Crippen molar-refractivity contribution in [1.82, 2.24) is 14.5 Å². The monoisotopic (exact) mass is 463 g/mol. The van der Waals surface area contributed by atoms with Crippen LogP contribution < -0.4 is 9.46 Å². The third-order valence-electron chi connectivity index (χ3n) is 6.70. The van der Waals surface area contributed by atoms with Crippen LogP contribution in [0.3, 0.4) is 0 Å². The molecule has 3 aliphatic rings. The van der Waals surface area contributed by atoms with Crippen LogP contribution >= 0.6 is 0 Å². The molecule has 32 heavy (non-hydrogen) atoms. The normalized spacial score (nSPS) is 22.6. The van der Waals surface area contributed by atoms with Crippen LogP contribution in [0.1, 0.15) is 55.8 Å². The number of amides is 2. The SMILES string of the molecule is COc1ccc(C(=O)N2CCC(C(=O)N3CCC[C@H](C)C3)CC2)cc1S(=O)(=O)NC1CC1. The smallest absolute Gasteiger partial charge is 0.253 e. The quantitative estimate of drug-likeness (QED) is 0.698. The maximum atomic E-state index is 13.1. The molecule has 0 aromatic heterocycles. The highest BCUT2D eigenvalue weighted by Gasteiger charge is 2.33. The Hall–Kier alpha value is -2.13. The Bertz CT molecular complexity index is 968. The number of benzene rings is 1. The number of hydrogen-bond donors (Lipinski definition) is 1. The predicted octanol–water partition coefficient (Wildman–Crippen LogP) is 2.25. The first-order chi connectivity index (χ1) is 15.3. The molecule has 2 saturated heterocycles. The minimum atomic E-state index is -3.76. The molecule has 1 saturated carbocycles. The Morgan fingerprint density at radius 3 is 2.38 bits per heavy atom. The van der Waals surface area contributed by atoms with Gasteiger partial charge in [-0.15, -0.1) is 0 Å². The average Bonchev–Trinajstić information content (AvgIpc) is 3.61. The van der Waals surface area contributed by atoms with E-state index in [9.17, 15) is 18.0 Å². The van der Waals surface area contributed by atoms with Crippen LogP contribution in [0.15, 0.2) is 23.1 Å². The van der Waals surface area contributed by atoms with Gasteiger partial charge in [0.2, 0.25) is 15.9 Å². The standard InChI is InChI=1S/C23H33N3O5S/c1-16-4-3-11-26(15-16)22(27)17-9-12-25(13-10-17)23(28)18-5-8-20(31-2)21(14-18)32(29,30)24-19-6-7-19/h5,8,14,16-17,19,24H,3-4,6-7,9-13,15H2,1-2H3/t16-/m0/s1. The molecule has 0 unspecified atom stereocenters. The average molecular weight is 464 g/mol. The summed E-state index contributed by atoms with van der Waals surface area (Å²) in [6.07, 6.45) is 5.16. The lowest BCUT2D eigenvalue weighted by atomic mass is 9.92. The molecule has 0 bridgehead atoms. The molecule has 2 amide bonds. The van der Waals surface area contributed by atoms with E-state index in [2.05, 4.69) is 11.6 Å². The van der Waals surface area contributed by atoms with Crippen molar-refractivity contribution >= 4 is 21.8 Å². The first-order valence-corrected chi connectivity index (χ1v) is 13.0. The van der Waals surface area contributed by atoms with Crippen molar-refractivity contribution in [2.24, 2.45) is 11.8 Å². The number of carbonyl (C=O) groups is 2. The number of hydrogen-bond acceptors (Lipinski definition) is 5. The molecule has 4 rings (SSSR count). The van der Waals surface area contributed by atoms with E-state index in [1.54, 1.807) is 11.0 Å². The number of likely N-dealkylation sites (tertiary alicyclic amines) is 2. The second kappa shape index (κ2) is 9.39. The van der Waals surface area contributed by atoms with Gasteiger partial charge in [-0.1, -0.05) is 6.92 Å². The molecule has 9 heteroatoms. The molecule has 0 spiro atoms. The maximum Gasteiger partial charge on any atom is 0.253 e. The van der Waals surface area contributed by atoms with Crippen LogP contribution in [0, 0.1) is 11.8 Å². The highest BCUT2D eigenvalue weighted by Crippen LogP contribution is 2.30. The van der Waals surface area contributed by atoms with Gasteiger partial charge in [0.15, 0.2) is 0 Å². The zero-order valence-electron chi connectivity index (χ0n) is 18.9. The minimum absolute atomic E-state index is 0.0120. The fourth-order valence-electron chi connectivity index (χ4n) is 4.66. The number of rotatable bonds is 6. The molecule has 0 radical (unpaired) electrons. The van der Waals surface area contributed by atoms with Crippen LogP contribution in [-0.2, 0) is 14.8 Å². The van der Waals surface area contributed by atoms with E-state index in [0.29, 0.717) is 37.4 Å². The zero-order chi connectivity index (χ0) is 22.9. The lowest BCUT2D eigenvalue weighted by Crippen LogP contribution is -2.47. The summed E-state index contributed by atoms with van der Waals surface area (Å²) in [4.78, 5) is 29.7. The molecule has 2 aliphatic heterocycles. The first-order valence-electron chi connectivity index (χ1n) is 11.6. The minimum Gasteiger partial charge on any atom is -0.495 e. The van der Waals surface area contributed by atoms with E-state index >= 15 is 0 Å². The van der Waals surface area contributed by atoms with Gasteiger partial charge in [-0.05, 0) is 62.6 Å². The van der Waals surface area contributed by atoms with E-state index in [1.807, 2.05) is 4.90 Å². The van der Waals surface area contributed by atoms with Crippen molar-refractivity contribution < 1.29 is 22.7 Å². The molecule has 8 nitrogen and oxygen atoms in total. The summed E-state index contributed by atoms with van der Waals surface area (Å²) in [5, 5.41) is 0. The largest absolute Gasteiger partial charge is 0.495 e. The van der Waals surface area contributed by atoms with Gasteiger partial charge >= 0.3 is 0 Å². The molecule has 2 heterocycles. The molecule has 1 aliphatic carbocycles. The second-order valence-corrected chi connectivity index (χ2v) is 11.0. The maximum absolute atomic E-state index is 13.1. The number of carbonyl (C=O) groups excluding carboxylic acids is 2. The number of sulfonamides is 1. The van der Waals surface area contributed by atoms with Gasteiger partial charge in [0.25, 0.3) is 5.91 Å². The van der Waals surface area contributed by atoms with E-state index < -0.39 is 10.0 Å². The summed E-state index contributed by atoms with van der Waals surface area (Å²) < 4.78 is 33.4. The van der Waals surface area contributed by atoms with Gasteiger partial charge in [0, 0.05) is 43.7 Å². The van der Waals surface area contributed by atoms with Crippen LogP contribution in [0.5, 0.6) is 5.75 Å². The lowest BCUT2D eigenvalue weighted by molar-refractivity contribution is -0.138. The van der Waals surface area contributed by atoms with Gasteiger partial charge < -0.3 is 14.5 Å². The highest BCUT2D eigenvalue weighted by atomic mass is 32.2. The van der Waals surface area contributed by atoms with E-state index in [0.717, 1.165) is 32.4 Å². The molecule has 1 atom stereocenters. The van der Waals surface area contributed by atoms with Crippen LogP contribution in [0.2, 0.25) is 0 Å². The summed E-state index contributed by atoms with van der Waals surface area (Å²) in [5.41, 5.74) is 0.316. The van der Waals surface area contributed by atoms with Crippen molar-refractivity contribution in [3.63, 3.8) is 0 Å². The fourth-order valence-corrected chi connectivity index (χ4v) is 6.16. The second-order valence-electron chi connectivity index (χ2n) is 9.36.